The Balaban J connectivity index is 1.39. The van der Waals surface area contributed by atoms with Crippen LogP contribution in [0.15, 0.2) is 66.7 Å². The van der Waals surface area contributed by atoms with E-state index in [1.807, 2.05) is 6.07 Å². The lowest BCUT2D eigenvalue weighted by atomic mass is 10.1. The fraction of sp³-hybridized carbons (Fsp3) is 0.0870. The maximum atomic E-state index is 12.3. The fourth-order valence-corrected chi connectivity index (χ4v) is 3.06. The molecule has 0 fully saturated rings. The van der Waals surface area contributed by atoms with Crippen molar-refractivity contribution >= 4 is 23.4 Å². The molecule has 3 aromatic carbocycles. The Bertz CT molecular complexity index is 1170. The molecule has 156 valence electrons. The molecule has 3 aromatic rings. The summed E-state index contributed by atoms with van der Waals surface area (Å²) in [5.41, 5.74) is 1.09. The molecule has 1 heterocycles. The number of anilines is 1. The van der Waals surface area contributed by atoms with E-state index in [9.17, 15) is 14.4 Å². The van der Waals surface area contributed by atoms with Crippen LogP contribution in [0.2, 0.25) is 0 Å². The number of ether oxygens (including phenoxy) is 3. The number of hydrogen-bond donors (Lipinski definition) is 2. The van der Waals surface area contributed by atoms with Crippen molar-refractivity contribution < 1.29 is 28.6 Å². The summed E-state index contributed by atoms with van der Waals surface area (Å²) in [5, 5.41) is 4.97. The molecule has 1 aliphatic rings. The number of benzene rings is 3. The lowest BCUT2D eigenvalue weighted by molar-refractivity contribution is -0.118. The molecule has 0 aliphatic carbocycles. The van der Waals surface area contributed by atoms with Crippen LogP contribution in [-0.4, -0.2) is 31.4 Å². The van der Waals surface area contributed by atoms with Crippen LogP contribution >= 0.6 is 0 Å². The number of carbonyl (C=O) groups excluding carboxylic acids is 3. The minimum Gasteiger partial charge on any atom is -0.493 e. The van der Waals surface area contributed by atoms with E-state index in [1.54, 1.807) is 48.5 Å². The van der Waals surface area contributed by atoms with E-state index in [0.29, 0.717) is 34.2 Å². The van der Waals surface area contributed by atoms with Gasteiger partial charge in [-0.3, -0.25) is 19.7 Å². The lowest BCUT2D eigenvalue weighted by Gasteiger charge is -2.11. The summed E-state index contributed by atoms with van der Waals surface area (Å²) in [4.78, 5) is 35.7. The molecule has 2 N–H and O–H groups in total. The van der Waals surface area contributed by atoms with Crippen molar-refractivity contribution in [3.05, 3.63) is 77.9 Å². The highest BCUT2D eigenvalue weighted by atomic mass is 16.5. The second-order valence-corrected chi connectivity index (χ2v) is 6.61. The van der Waals surface area contributed by atoms with Gasteiger partial charge < -0.3 is 19.5 Å². The van der Waals surface area contributed by atoms with Gasteiger partial charge in [0, 0.05) is 11.8 Å². The van der Waals surface area contributed by atoms with Crippen molar-refractivity contribution in [3.63, 3.8) is 0 Å². The van der Waals surface area contributed by atoms with Gasteiger partial charge in [0.1, 0.15) is 11.5 Å². The summed E-state index contributed by atoms with van der Waals surface area (Å²) in [7, 11) is 1.53. The van der Waals surface area contributed by atoms with Crippen LogP contribution in [0.25, 0.3) is 0 Å². The van der Waals surface area contributed by atoms with Crippen LogP contribution in [-0.2, 0) is 4.79 Å². The van der Waals surface area contributed by atoms with Crippen molar-refractivity contribution in [1.29, 1.82) is 0 Å². The second-order valence-electron chi connectivity index (χ2n) is 6.61. The van der Waals surface area contributed by atoms with Crippen molar-refractivity contribution in [2.75, 3.05) is 19.0 Å². The Kier molecular flexibility index (Phi) is 5.53. The molecule has 8 heteroatoms. The van der Waals surface area contributed by atoms with E-state index in [2.05, 4.69) is 10.6 Å². The van der Waals surface area contributed by atoms with E-state index < -0.39 is 11.8 Å². The Morgan fingerprint density at radius 3 is 2.42 bits per heavy atom. The summed E-state index contributed by atoms with van der Waals surface area (Å²) < 4.78 is 16.5. The minimum absolute atomic E-state index is 0.195. The molecule has 4 rings (SSSR count). The Morgan fingerprint density at radius 1 is 0.871 bits per heavy atom. The number of rotatable bonds is 7. The smallest absolute Gasteiger partial charge is 0.262 e. The van der Waals surface area contributed by atoms with E-state index in [4.69, 9.17) is 14.2 Å². The van der Waals surface area contributed by atoms with Crippen LogP contribution in [0.4, 0.5) is 5.69 Å². The Labute approximate surface area is 177 Å². The van der Waals surface area contributed by atoms with Crippen LogP contribution in [0.5, 0.6) is 23.0 Å². The van der Waals surface area contributed by atoms with Gasteiger partial charge in [0.05, 0.1) is 18.2 Å². The van der Waals surface area contributed by atoms with Crippen molar-refractivity contribution in [1.82, 2.24) is 5.32 Å². The van der Waals surface area contributed by atoms with Gasteiger partial charge in [-0.15, -0.1) is 0 Å². The molecule has 0 aromatic heterocycles. The van der Waals surface area contributed by atoms with E-state index >= 15 is 0 Å². The largest absolute Gasteiger partial charge is 0.493 e. The molecule has 0 atom stereocenters. The first-order valence-electron chi connectivity index (χ1n) is 9.37. The van der Waals surface area contributed by atoms with Gasteiger partial charge in [0.15, 0.2) is 18.1 Å². The number of para-hydroxylation sites is 2. The van der Waals surface area contributed by atoms with Crippen molar-refractivity contribution in [2.45, 2.75) is 0 Å². The molecular weight excluding hydrogens is 400 g/mol. The van der Waals surface area contributed by atoms with Gasteiger partial charge in [0.25, 0.3) is 17.7 Å². The summed E-state index contributed by atoms with van der Waals surface area (Å²) in [6, 6.07) is 18.5. The number of carbonyl (C=O) groups is 3. The third kappa shape index (κ3) is 4.48. The minimum atomic E-state index is -0.457. The average Bonchev–Trinajstić information content (AvgIpc) is 3.05. The summed E-state index contributed by atoms with van der Waals surface area (Å²) in [6.45, 7) is -0.195. The standard InChI is InChI=1S/C23H18N2O6/c1-29-19-7-2-3-8-20(19)30-13-21(26)24-14-5-4-6-15(11-14)31-16-9-10-17-18(12-16)23(28)25-22(17)27/h2-12H,13H2,1H3,(H,24,26)(H,25,27,28). The third-order valence-corrected chi connectivity index (χ3v) is 4.49. The maximum absolute atomic E-state index is 12.3. The zero-order chi connectivity index (χ0) is 21.8. The van der Waals surface area contributed by atoms with Gasteiger partial charge in [-0.2, -0.15) is 0 Å². The van der Waals surface area contributed by atoms with Gasteiger partial charge in [0.2, 0.25) is 0 Å². The number of hydrogen-bond acceptors (Lipinski definition) is 6. The number of methoxy groups -OCH3 is 1. The van der Waals surface area contributed by atoms with Gasteiger partial charge in [-0.1, -0.05) is 18.2 Å². The predicted molar refractivity (Wildman–Crippen MR) is 112 cm³/mol. The zero-order valence-electron chi connectivity index (χ0n) is 16.5. The monoisotopic (exact) mass is 418 g/mol. The molecule has 0 spiro atoms. The van der Waals surface area contributed by atoms with E-state index in [1.165, 1.54) is 19.2 Å². The SMILES string of the molecule is COc1ccccc1OCC(=O)Nc1cccc(Oc2ccc3c(c2)C(=O)NC3=O)c1. The highest BCUT2D eigenvalue weighted by Crippen LogP contribution is 2.28. The molecule has 0 radical (unpaired) electrons. The number of nitrogens with one attached hydrogen (secondary N) is 2. The maximum Gasteiger partial charge on any atom is 0.262 e. The first-order chi connectivity index (χ1) is 15.0. The molecule has 31 heavy (non-hydrogen) atoms. The van der Waals surface area contributed by atoms with Crippen LogP contribution in [0, 0.1) is 0 Å². The summed E-state index contributed by atoms with van der Waals surface area (Å²) in [5.74, 6) is 0.621. The molecule has 0 saturated heterocycles. The normalized spacial score (nSPS) is 12.0. The molecular formula is C23H18N2O6. The predicted octanol–water partition coefficient (Wildman–Crippen LogP) is 3.39. The Morgan fingerprint density at radius 2 is 1.61 bits per heavy atom. The molecule has 0 saturated carbocycles. The molecule has 1 aliphatic heterocycles. The lowest BCUT2D eigenvalue weighted by Crippen LogP contribution is -2.20. The average molecular weight is 418 g/mol. The number of fused-ring (bicyclic) bond motifs is 1. The molecule has 8 nitrogen and oxygen atoms in total. The first kappa shape index (κ1) is 20.0. The van der Waals surface area contributed by atoms with Crippen LogP contribution in [0.3, 0.4) is 0 Å². The number of amides is 3. The van der Waals surface area contributed by atoms with Crippen LogP contribution in [0.1, 0.15) is 20.7 Å². The first-order valence-corrected chi connectivity index (χ1v) is 9.37. The highest BCUT2D eigenvalue weighted by molar-refractivity contribution is 6.21. The molecule has 0 unspecified atom stereocenters. The Hall–Kier alpha value is -4.33. The van der Waals surface area contributed by atoms with Crippen molar-refractivity contribution in [2.24, 2.45) is 0 Å². The quantitative estimate of drug-likeness (QED) is 0.570. The summed E-state index contributed by atoms with van der Waals surface area (Å²) in [6.07, 6.45) is 0. The number of imide groups is 1. The third-order valence-electron chi connectivity index (χ3n) is 4.49. The van der Waals surface area contributed by atoms with Gasteiger partial charge >= 0.3 is 0 Å². The van der Waals surface area contributed by atoms with Gasteiger partial charge in [-0.05, 0) is 42.5 Å². The molecule has 3 amide bonds. The van der Waals surface area contributed by atoms with Crippen LogP contribution < -0.4 is 24.8 Å². The fourth-order valence-electron chi connectivity index (χ4n) is 3.06. The zero-order valence-corrected chi connectivity index (χ0v) is 16.5. The van der Waals surface area contributed by atoms with Gasteiger partial charge in [-0.25, -0.2) is 0 Å². The topological polar surface area (TPSA) is 103 Å². The summed E-state index contributed by atoms with van der Waals surface area (Å²) >= 11 is 0. The molecule has 0 bridgehead atoms. The highest BCUT2D eigenvalue weighted by Gasteiger charge is 2.26. The van der Waals surface area contributed by atoms with Crippen molar-refractivity contribution in [3.8, 4) is 23.0 Å². The van der Waals surface area contributed by atoms with E-state index in [-0.39, 0.29) is 18.1 Å². The van der Waals surface area contributed by atoms with E-state index in [0.717, 1.165) is 0 Å². The second kappa shape index (κ2) is 8.58.